The quantitative estimate of drug-likeness (QED) is 0.491. The van der Waals surface area contributed by atoms with E-state index >= 15 is 0 Å². The lowest BCUT2D eigenvalue weighted by Gasteiger charge is -2.28. The van der Waals surface area contributed by atoms with Gasteiger partial charge in [0.1, 0.15) is 4.47 Å². The summed E-state index contributed by atoms with van der Waals surface area (Å²) in [4.78, 5) is 11.7. The van der Waals surface area contributed by atoms with Crippen LogP contribution in [0.25, 0.3) is 11.3 Å². The highest BCUT2D eigenvalue weighted by Crippen LogP contribution is 2.39. The van der Waals surface area contributed by atoms with Crippen molar-refractivity contribution in [2.75, 3.05) is 19.8 Å². The summed E-state index contributed by atoms with van der Waals surface area (Å²) < 4.78 is 11.6. The maximum absolute atomic E-state index is 11.7. The number of hydrogen-bond acceptors (Lipinski definition) is 5. The van der Waals surface area contributed by atoms with E-state index in [9.17, 15) is 4.79 Å². The fourth-order valence-electron chi connectivity index (χ4n) is 3.95. The molecule has 1 aromatic carbocycles. The van der Waals surface area contributed by atoms with E-state index in [1.807, 2.05) is 13.8 Å². The lowest BCUT2D eigenvalue weighted by Crippen LogP contribution is -2.17. The van der Waals surface area contributed by atoms with Crippen LogP contribution in [0.5, 0.6) is 5.88 Å². The first-order chi connectivity index (χ1) is 14.5. The lowest BCUT2D eigenvalue weighted by atomic mass is 9.77. The summed E-state index contributed by atoms with van der Waals surface area (Å²) in [6, 6.07) is 8.59. The number of aliphatic hydroxyl groups excluding tert-OH is 1. The van der Waals surface area contributed by atoms with E-state index in [2.05, 4.69) is 50.4 Å². The van der Waals surface area contributed by atoms with E-state index in [0.29, 0.717) is 37.4 Å². The van der Waals surface area contributed by atoms with Gasteiger partial charge in [0.2, 0.25) is 5.88 Å². The summed E-state index contributed by atoms with van der Waals surface area (Å²) in [5.41, 5.74) is 3.27. The number of ether oxygens (including phenoxy) is 2. The molecule has 3 rings (SSSR count). The fourth-order valence-corrected chi connectivity index (χ4v) is 4.47. The van der Waals surface area contributed by atoms with Crippen LogP contribution < -0.4 is 4.74 Å². The second-order valence-corrected chi connectivity index (χ2v) is 8.96. The smallest absolute Gasteiger partial charge is 0.306 e. The van der Waals surface area contributed by atoms with Crippen LogP contribution in [-0.2, 0) is 9.53 Å². The zero-order chi connectivity index (χ0) is 21.5. The molecular weight excluding hydrogens is 448 g/mol. The molecule has 2 aromatic rings. The van der Waals surface area contributed by atoms with Gasteiger partial charge in [-0.2, -0.15) is 0 Å². The number of H-pyrrole nitrogens is 1. The van der Waals surface area contributed by atoms with Crippen LogP contribution in [-0.4, -0.2) is 41.1 Å². The van der Waals surface area contributed by atoms with Gasteiger partial charge in [-0.05, 0) is 65.9 Å². The molecule has 1 heterocycles. The summed E-state index contributed by atoms with van der Waals surface area (Å²) >= 11 is 3.57. The molecule has 164 valence electrons. The third-order valence-electron chi connectivity index (χ3n) is 5.77. The molecule has 0 unspecified atom stereocenters. The van der Waals surface area contributed by atoms with Crippen molar-refractivity contribution < 1.29 is 19.4 Å². The van der Waals surface area contributed by atoms with Crippen LogP contribution in [0.4, 0.5) is 0 Å². The molecule has 1 fully saturated rings. The van der Waals surface area contributed by atoms with Crippen LogP contribution in [0.2, 0.25) is 0 Å². The first-order valence-electron chi connectivity index (χ1n) is 10.7. The van der Waals surface area contributed by atoms with Crippen LogP contribution >= 0.6 is 15.9 Å². The number of aromatic amines is 1. The average molecular weight is 479 g/mol. The average Bonchev–Trinajstić information content (AvgIpc) is 3.13. The van der Waals surface area contributed by atoms with Crippen molar-refractivity contribution in [3.8, 4) is 17.1 Å². The van der Waals surface area contributed by atoms with Gasteiger partial charge in [0, 0.05) is 24.5 Å². The third-order valence-corrected chi connectivity index (χ3v) is 6.51. The Morgan fingerprint density at radius 1 is 1.27 bits per heavy atom. The molecule has 0 amide bonds. The number of esters is 1. The van der Waals surface area contributed by atoms with Crippen molar-refractivity contribution in [1.82, 2.24) is 10.2 Å². The minimum Gasteiger partial charge on any atom is -0.475 e. The van der Waals surface area contributed by atoms with Crippen LogP contribution in [0.3, 0.4) is 0 Å². The molecule has 6 nitrogen and oxygen atoms in total. The summed E-state index contributed by atoms with van der Waals surface area (Å²) in [6.45, 7) is 4.73. The molecule has 30 heavy (non-hydrogen) atoms. The molecule has 1 aliphatic rings. The van der Waals surface area contributed by atoms with Gasteiger partial charge < -0.3 is 14.6 Å². The van der Waals surface area contributed by atoms with Crippen molar-refractivity contribution in [2.24, 2.45) is 11.8 Å². The number of carbonyl (C=O) groups is 1. The van der Waals surface area contributed by atoms with E-state index in [1.54, 1.807) is 0 Å². The predicted molar refractivity (Wildman–Crippen MR) is 119 cm³/mol. The van der Waals surface area contributed by atoms with E-state index < -0.39 is 0 Å². The van der Waals surface area contributed by atoms with Crippen molar-refractivity contribution >= 4 is 21.9 Å². The number of hydrogen-bond donors (Lipinski definition) is 2. The molecule has 7 heteroatoms. The van der Waals surface area contributed by atoms with Crippen molar-refractivity contribution in [3.05, 3.63) is 34.3 Å². The maximum Gasteiger partial charge on any atom is 0.306 e. The summed E-state index contributed by atoms with van der Waals surface area (Å²) in [6.07, 6.45) is 4.92. The zero-order valence-electron chi connectivity index (χ0n) is 17.7. The van der Waals surface area contributed by atoms with Gasteiger partial charge in [0.25, 0.3) is 0 Å². The number of aliphatic hydroxyl groups is 1. The molecule has 0 saturated heterocycles. The zero-order valence-corrected chi connectivity index (χ0v) is 19.3. The van der Waals surface area contributed by atoms with Crippen LogP contribution in [0.15, 0.2) is 28.7 Å². The Labute approximate surface area is 186 Å². The second kappa shape index (κ2) is 11.0. The van der Waals surface area contributed by atoms with Gasteiger partial charge in [0.05, 0.1) is 18.9 Å². The normalized spacial score (nSPS) is 20.0. The van der Waals surface area contributed by atoms with Gasteiger partial charge in [-0.3, -0.25) is 9.89 Å². The number of carbonyl (C=O) groups excluding carboxylic acids is 1. The molecule has 0 radical (unpaired) electrons. The fraction of sp³-hybridized carbons (Fsp3) is 0.565. The number of aromatic nitrogens is 2. The van der Waals surface area contributed by atoms with Gasteiger partial charge in [-0.1, -0.05) is 31.2 Å². The summed E-state index contributed by atoms with van der Waals surface area (Å²) in [5.74, 6) is 1.50. The number of benzene rings is 1. The molecule has 0 bridgehead atoms. The Morgan fingerprint density at radius 3 is 2.60 bits per heavy atom. The summed E-state index contributed by atoms with van der Waals surface area (Å²) in [7, 11) is 0. The Hall–Kier alpha value is -1.86. The number of halogens is 1. The van der Waals surface area contributed by atoms with E-state index in [4.69, 9.17) is 14.6 Å². The number of rotatable bonds is 9. The van der Waals surface area contributed by atoms with E-state index in [0.717, 1.165) is 41.4 Å². The highest BCUT2D eigenvalue weighted by atomic mass is 79.9. The molecule has 0 spiro atoms. The maximum atomic E-state index is 11.7. The predicted octanol–water partition coefficient (Wildman–Crippen LogP) is 5.07. The Kier molecular flexibility index (Phi) is 8.33. The van der Waals surface area contributed by atoms with Gasteiger partial charge in [-0.15, -0.1) is 5.10 Å². The van der Waals surface area contributed by atoms with Crippen LogP contribution in [0, 0.1) is 11.8 Å². The van der Waals surface area contributed by atoms with E-state index in [1.165, 1.54) is 5.56 Å². The molecule has 0 aliphatic heterocycles. The van der Waals surface area contributed by atoms with Gasteiger partial charge in [0.15, 0.2) is 0 Å². The minimum absolute atomic E-state index is 0.0590. The number of nitrogens with one attached hydrogen (secondary N) is 1. The Bertz CT molecular complexity index is 813. The molecule has 1 aliphatic carbocycles. The monoisotopic (exact) mass is 478 g/mol. The van der Waals surface area contributed by atoms with Crippen molar-refractivity contribution in [1.29, 1.82) is 0 Å². The third kappa shape index (κ3) is 5.85. The first-order valence-corrected chi connectivity index (χ1v) is 11.5. The largest absolute Gasteiger partial charge is 0.475 e. The minimum atomic E-state index is -0.0652. The SMILES string of the molecule is CCOC(=O)CC1CCC(c2ccc(-c3[nH]nc(OC[C@H](C)CO)c3Br)cc2)CC1. The highest BCUT2D eigenvalue weighted by molar-refractivity contribution is 9.10. The standard InChI is InChI=1S/C23H31BrN2O4/c1-3-29-20(28)12-16-4-6-17(7-5-16)18-8-10-19(11-9-18)22-21(24)23(26-25-22)30-14-15(2)13-27/h8-11,15-17,27H,3-7,12-14H2,1-2H3,(H,25,26)/t15-,16?,17?/m1/s1. The first kappa shape index (κ1) is 22.8. The number of nitrogens with zero attached hydrogens (tertiary/aromatic N) is 1. The van der Waals surface area contributed by atoms with E-state index in [-0.39, 0.29) is 18.5 Å². The molecule has 1 aromatic heterocycles. The summed E-state index contributed by atoms with van der Waals surface area (Å²) in [5, 5.41) is 16.4. The van der Waals surface area contributed by atoms with Gasteiger partial charge in [-0.25, -0.2) is 0 Å². The van der Waals surface area contributed by atoms with Gasteiger partial charge >= 0.3 is 5.97 Å². The lowest BCUT2D eigenvalue weighted by molar-refractivity contribution is -0.144. The topological polar surface area (TPSA) is 84.4 Å². The van der Waals surface area contributed by atoms with Crippen LogP contribution in [0.1, 0.15) is 57.4 Å². The second-order valence-electron chi connectivity index (χ2n) is 8.17. The molecular formula is C23H31BrN2O4. The Balaban J connectivity index is 1.57. The highest BCUT2D eigenvalue weighted by Gasteiger charge is 2.24. The molecule has 2 N–H and O–H groups in total. The molecule has 1 saturated carbocycles. The Morgan fingerprint density at radius 2 is 1.97 bits per heavy atom. The molecule has 1 atom stereocenters. The van der Waals surface area contributed by atoms with Crippen molar-refractivity contribution in [2.45, 2.75) is 51.9 Å². The van der Waals surface area contributed by atoms with Crippen molar-refractivity contribution in [3.63, 3.8) is 0 Å².